The number of carbonyl (C=O) groups is 3. The van der Waals surface area contributed by atoms with Crippen LogP contribution in [0, 0.1) is 0 Å². The van der Waals surface area contributed by atoms with E-state index in [1.807, 2.05) is 17.5 Å². The molecule has 2 N–H and O–H groups in total. The predicted molar refractivity (Wildman–Crippen MR) is 119 cm³/mol. The highest BCUT2D eigenvalue weighted by atomic mass is 32.1. The molecule has 0 saturated heterocycles. The molecule has 0 unspecified atom stereocenters. The summed E-state index contributed by atoms with van der Waals surface area (Å²) in [5.74, 6) is -0.151. The van der Waals surface area contributed by atoms with Crippen LogP contribution < -0.4 is 15.8 Å². The first-order valence-corrected chi connectivity index (χ1v) is 10.7. The molecular formula is C21H28N4O5S. The molecule has 168 valence electrons. The molecule has 0 aliphatic rings. The van der Waals surface area contributed by atoms with Crippen LogP contribution in [0.4, 0.5) is 20.4 Å². The van der Waals surface area contributed by atoms with Crippen LogP contribution in [0.2, 0.25) is 0 Å². The van der Waals surface area contributed by atoms with Crippen molar-refractivity contribution in [2.45, 2.75) is 53.1 Å². The van der Waals surface area contributed by atoms with E-state index in [1.54, 1.807) is 39.8 Å². The van der Waals surface area contributed by atoms with Gasteiger partial charge in [-0.2, -0.15) is 5.01 Å². The second kappa shape index (κ2) is 10.8. The molecule has 1 aromatic heterocycles. The number of nitrogens with one attached hydrogen (secondary N) is 2. The minimum atomic E-state index is -0.754. The second-order valence-corrected chi connectivity index (χ2v) is 8.50. The maximum absolute atomic E-state index is 12.6. The lowest BCUT2D eigenvalue weighted by atomic mass is 10.1. The second-order valence-electron chi connectivity index (χ2n) is 7.64. The molecule has 10 heteroatoms. The Morgan fingerprint density at radius 3 is 2.39 bits per heavy atom. The van der Waals surface area contributed by atoms with Crippen LogP contribution in [0.1, 0.15) is 45.9 Å². The van der Waals surface area contributed by atoms with Gasteiger partial charge in [0.15, 0.2) is 5.13 Å². The van der Waals surface area contributed by atoms with Crippen LogP contribution in [0.5, 0.6) is 0 Å². The zero-order chi connectivity index (χ0) is 23.0. The number of anilines is 2. The maximum Gasteiger partial charge on any atom is 0.434 e. The number of aryl methyl sites for hydroxylation is 2. The van der Waals surface area contributed by atoms with E-state index < -0.39 is 17.8 Å². The molecular weight excluding hydrogens is 420 g/mol. The molecule has 0 aliphatic carbocycles. The van der Waals surface area contributed by atoms with Crippen molar-refractivity contribution in [2.24, 2.45) is 0 Å². The first kappa shape index (κ1) is 24.1. The standard InChI is InChI=1S/C21H28N4O5S/c1-6-29-19(27)24-25(20(28)30-21(3,4)5)17-11-8-15(9-12-17)7-10-16-13-31-18(23-16)22-14(2)26/h8-9,11-13H,6-7,10H2,1-5H3,(H,24,27)(H,22,23,26). The first-order chi connectivity index (χ1) is 14.6. The number of ether oxygens (including phenoxy) is 2. The van der Waals surface area contributed by atoms with E-state index in [0.29, 0.717) is 17.2 Å². The largest absolute Gasteiger partial charge is 0.449 e. The van der Waals surface area contributed by atoms with Crippen molar-refractivity contribution >= 4 is 40.2 Å². The van der Waals surface area contributed by atoms with Crippen molar-refractivity contribution in [1.82, 2.24) is 10.4 Å². The number of benzene rings is 1. The van der Waals surface area contributed by atoms with Crippen LogP contribution in [0.15, 0.2) is 29.6 Å². The van der Waals surface area contributed by atoms with Crippen LogP contribution in [-0.2, 0) is 27.1 Å². The van der Waals surface area contributed by atoms with Gasteiger partial charge in [0.25, 0.3) is 0 Å². The molecule has 2 rings (SSSR count). The van der Waals surface area contributed by atoms with Gasteiger partial charge < -0.3 is 14.8 Å². The van der Waals surface area contributed by atoms with Crippen molar-refractivity contribution in [3.8, 4) is 0 Å². The quantitative estimate of drug-likeness (QED) is 0.638. The van der Waals surface area contributed by atoms with Gasteiger partial charge in [0.05, 0.1) is 18.0 Å². The summed E-state index contributed by atoms with van der Waals surface area (Å²) in [4.78, 5) is 39.9. The average molecular weight is 449 g/mol. The van der Waals surface area contributed by atoms with Crippen LogP contribution >= 0.6 is 11.3 Å². The Labute approximate surface area is 185 Å². The number of hydrazine groups is 1. The van der Waals surface area contributed by atoms with Gasteiger partial charge in [0.2, 0.25) is 5.91 Å². The molecule has 31 heavy (non-hydrogen) atoms. The molecule has 1 aromatic carbocycles. The van der Waals surface area contributed by atoms with E-state index in [1.165, 1.54) is 18.3 Å². The highest BCUT2D eigenvalue weighted by Gasteiger charge is 2.25. The molecule has 1 heterocycles. The van der Waals surface area contributed by atoms with Crippen molar-refractivity contribution in [3.05, 3.63) is 40.9 Å². The van der Waals surface area contributed by atoms with Gasteiger partial charge in [-0.25, -0.2) is 20.0 Å². The van der Waals surface area contributed by atoms with Gasteiger partial charge >= 0.3 is 12.2 Å². The van der Waals surface area contributed by atoms with E-state index in [9.17, 15) is 14.4 Å². The van der Waals surface area contributed by atoms with Gasteiger partial charge in [0.1, 0.15) is 5.60 Å². The Bertz CT molecular complexity index is 905. The summed E-state index contributed by atoms with van der Waals surface area (Å²) in [5.41, 5.74) is 4.03. The van der Waals surface area contributed by atoms with E-state index in [-0.39, 0.29) is 12.5 Å². The molecule has 0 fully saturated rings. The molecule has 0 spiro atoms. The summed E-state index contributed by atoms with van der Waals surface area (Å²) in [5, 5.41) is 6.18. The van der Waals surface area contributed by atoms with Gasteiger partial charge in [-0.3, -0.25) is 4.79 Å². The van der Waals surface area contributed by atoms with E-state index in [2.05, 4.69) is 15.7 Å². The van der Waals surface area contributed by atoms with Gasteiger partial charge in [-0.1, -0.05) is 12.1 Å². The van der Waals surface area contributed by atoms with Crippen molar-refractivity contribution in [2.75, 3.05) is 16.9 Å². The SMILES string of the molecule is CCOC(=O)NN(C(=O)OC(C)(C)C)c1ccc(CCc2csc(NC(C)=O)n2)cc1. The first-order valence-electron chi connectivity index (χ1n) is 9.85. The fourth-order valence-electron chi connectivity index (χ4n) is 2.49. The minimum Gasteiger partial charge on any atom is -0.449 e. The van der Waals surface area contributed by atoms with Gasteiger partial charge in [0, 0.05) is 12.3 Å². The Morgan fingerprint density at radius 1 is 1.13 bits per heavy atom. The number of rotatable bonds is 6. The lowest BCUT2D eigenvalue weighted by Crippen LogP contribution is -2.48. The lowest BCUT2D eigenvalue weighted by molar-refractivity contribution is -0.114. The number of nitrogens with zero attached hydrogens (tertiary/aromatic N) is 2. The van der Waals surface area contributed by atoms with Crippen molar-refractivity contribution in [1.29, 1.82) is 0 Å². The van der Waals surface area contributed by atoms with Crippen molar-refractivity contribution in [3.63, 3.8) is 0 Å². The summed E-state index contributed by atoms with van der Waals surface area (Å²) in [7, 11) is 0. The lowest BCUT2D eigenvalue weighted by Gasteiger charge is -2.27. The third kappa shape index (κ3) is 8.25. The molecule has 0 radical (unpaired) electrons. The third-order valence-electron chi connectivity index (χ3n) is 3.75. The number of aromatic nitrogens is 1. The average Bonchev–Trinajstić information content (AvgIpc) is 3.10. The van der Waals surface area contributed by atoms with Crippen LogP contribution in [0.3, 0.4) is 0 Å². The summed E-state index contributed by atoms with van der Waals surface area (Å²) in [6.45, 7) is 8.52. The number of hydrogen-bond donors (Lipinski definition) is 2. The molecule has 0 saturated carbocycles. The molecule has 3 amide bonds. The van der Waals surface area contributed by atoms with Crippen LogP contribution in [0.25, 0.3) is 0 Å². The smallest absolute Gasteiger partial charge is 0.434 e. The maximum atomic E-state index is 12.6. The molecule has 2 aromatic rings. The summed E-state index contributed by atoms with van der Waals surface area (Å²) in [6.07, 6.45) is -0.0506. The summed E-state index contributed by atoms with van der Waals surface area (Å²) >= 11 is 1.38. The monoisotopic (exact) mass is 448 g/mol. The topological polar surface area (TPSA) is 110 Å². The number of hydrogen-bond acceptors (Lipinski definition) is 7. The minimum absolute atomic E-state index is 0.151. The highest BCUT2D eigenvalue weighted by Crippen LogP contribution is 2.20. The summed E-state index contributed by atoms with van der Waals surface area (Å²) in [6, 6.07) is 7.16. The van der Waals surface area contributed by atoms with Gasteiger partial charge in [-0.05, 0) is 58.2 Å². The van der Waals surface area contributed by atoms with Crippen LogP contribution in [-0.4, -0.2) is 35.3 Å². The predicted octanol–water partition coefficient (Wildman–Crippen LogP) is 4.29. The summed E-state index contributed by atoms with van der Waals surface area (Å²) < 4.78 is 10.3. The normalized spacial score (nSPS) is 10.9. The number of thiazole rings is 1. The number of amides is 3. The Kier molecular flexibility index (Phi) is 8.38. The van der Waals surface area contributed by atoms with E-state index in [0.717, 1.165) is 22.7 Å². The Balaban J connectivity index is 2.06. The molecule has 0 bridgehead atoms. The van der Waals surface area contributed by atoms with E-state index in [4.69, 9.17) is 9.47 Å². The zero-order valence-corrected chi connectivity index (χ0v) is 19.2. The Morgan fingerprint density at radius 2 is 1.81 bits per heavy atom. The fraction of sp³-hybridized carbons (Fsp3) is 0.429. The van der Waals surface area contributed by atoms with Gasteiger partial charge in [-0.15, -0.1) is 11.3 Å². The fourth-order valence-corrected chi connectivity index (χ4v) is 3.28. The van der Waals surface area contributed by atoms with E-state index >= 15 is 0 Å². The molecule has 0 atom stereocenters. The molecule has 0 aliphatic heterocycles. The Hall–Kier alpha value is -3.14. The highest BCUT2D eigenvalue weighted by molar-refractivity contribution is 7.13. The third-order valence-corrected chi connectivity index (χ3v) is 4.56. The molecule has 9 nitrogen and oxygen atoms in total. The number of carbonyl (C=O) groups excluding carboxylic acids is 3. The zero-order valence-electron chi connectivity index (χ0n) is 18.4. The van der Waals surface area contributed by atoms with Crippen molar-refractivity contribution < 1.29 is 23.9 Å².